The van der Waals surface area contributed by atoms with E-state index in [1.807, 2.05) is 62.4 Å². The Morgan fingerprint density at radius 1 is 1.00 bits per heavy atom. The molecule has 0 saturated heterocycles. The number of hydrogen-bond acceptors (Lipinski definition) is 3. The summed E-state index contributed by atoms with van der Waals surface area (Å²) in [6.07, 6.45) is 0.348. The predicted molar refractivity (Wildman–Crippen MR) is 136 cm³/mol. The van der Waals surface area contributed by atoms with Crippen LogP contribution in [0.25, 0.3) is 0 Å². The summed E-state index contributed by atoms with van der Waals surface area (Å²) in [5.41, 5.74) is 3.67. The predicted octanol–water partition coefficient (Wildman–Crippen LogP) is 5.38. The molecule has 2 amide bonds. The van der Waals surface area contributed by atoms with Crippen LogP contribution in [0.5, 0.6) is 5.75 Å². The molecule has 0 aromatic heterocycles. The number of nitrogens with one attached hydrogen (secondary N) is 1. The minimum Gasteiger partial charge on any atom is -0.483 e. The van der Waals surface area contributed by atoms with Crippen molar-refractivity contribution in [3.63, 3.8) is 0 Å². The average molecular weight is 499 g/mol. The van der Waals surface area contributed by atoms with E-state index in [9.17, 15) is 9.59 Å². The zero-order chi connectivity index (χ0) is 24.7. The number of hydrogen-bond donors (Lipinski definition) is 1. The minimum absolute atomic E-state index is 0.135. The van der Waals surface area contributed by atoms with Gasteiger partial charge in [-0.2, -0.15) is 0 Å². The van der Waals surface area contributed by atoms with Gasteiger partial charge in [0.1, 0.15) is 11.8 Å². The third-order valence-corrected chi connectivity index (χ3v) is 6.14. The maximum atomic E-state index is 13.5. The lowest BCUT2D eigenvalue weighted by Gasteiger charge is -2.31. The second kappa shape index (κ2) is 11.9. The molecule has 0 radical (unpaired) electrons. The van der Waals surface area contributed by atoms with Gasteiger partial charge in [0.25, 0.3) is 5.91 Å². The van der Waals surface area contributed by atoms with Crippen LogP contribution in [0.3, 0.4) is 0 Å². The molecule has 1 N–H and O–H groups in total. The van der Waals surface area contributed by atoms with Crippen molar-refractivity contribution in [3.8, 4) is 5.75 Å². The Labute approximate surface area is 210 Å². The number of rotatable bonds is 9. The summed E-state index contributed by atoms with van der Waals surface area (Å²) >= 11 is 12.5. The molecule has 0 aliphatic rings. The standard InChI is InChI=1S/C27H28Cl2N2O3/c1-18-9-12-25(19(2)13-18)34-17-26(32)31(16-21-10-11-22(28)15-23(21)29)24(27(33)30-3)14-20-7-5-4-6-8-20/h4-13,15,24H,14,16-17H2,1-3H3,(H,30,33)/t24-/m1/s1. The molecule has 0 fully saturated rings. The van der Waals surface area contributed by atoms with Gasteiger partial charge < -0.3 is 15.0 Å². The van der Waals surface area contributed by atoms with Crippen molar-refractivity contribution in [1.82, 2.24) is 10.2 Å². The molecule has 1 atom stereocenters. The third-order valence-electron chi connectivity index (χ3n) is 5.55. The van der Waals surface area contributed by atoms with E-state index in [-0.39, 0.29) is 25.0 Å². The molecule has 178 valence electrons. The highest BCUT2D eigenvalue weighted by molar-refractivity contribution is 6.35. The van der Waals surface area contributed by atoms with Gasteiger partial charge in [-0.25, -0.2) is 0 Å². The van der Waals surface area contributed by atoms with E-state index in [1.165, 1.54) is 4.90 Å². The van der Waals surface area contributed by atoms with Crippen LogP contribution in [0.1, 0.15) is 22.3 Å². The Kier molecular flexibility index (Phi) is 8.97. The number of amides is 2. The monoisotopic (exact) mass is 498 g/mol. The Bertz CT molecular complexity index is 1150. The van der Waals surface area contributed by atoms with Crippen LogP contribution in [-0.2, 0) is 22.6 Å². The van der Waals surface area contributed by atoms with Crippen molar-refractivity contribution in [2.75, 3.05) is 13.7 Å². The normalized spacial score (nSPS) is 11.6. The van der Waals surface area contributed by atoms with Gasteiger partial charge in [0, 0.05) is 30.1 Å². The summed E-state index contributed by atoms with van der Waals surface area (Å²) in [6, 6.07) is 19.7. The minimum atomic E-state index is -0.755. The van der Waals surface area contributed by atoms with Crippen LogP contribution >= 0.6 is 23.2 Å². The van der Waals surface area contributed by atoms with Gasteiger partial charge in [-0.05, 0) is 48.7 Å². The molecular formula is C27H28Cl2N2O3. The molecule has 0 unspecified atom stereocenters. The highest BCUT2D eigenvalue weighted by Gasteiger charge is 2.30. The summed E-state index contributed by atoms with van der Waals surface area (Å²) < 4.78 is 5.86. The molecule has 0 spiro atoms. The van der Waals surface area contributed by atoms with Gasteiger partial charge in [-0.3, -0.25) is 9.59 Å². The molecule has 7 heteroatoms. The lowest BCUT2D eigenvalue weighted by molar-refractivity contribution is -0.142. The van der Waals surface area contributed by atoms with E-state index in [2.05, 4.69) is 5.32 Å². The average Bonchev–Trinajstić information content (AvgIpc) is 2.82. The first kappa shape index (κ1) is 25.6. The molecule has 5 nitrogen and oxygen atoms in total. The first-order valence-electron chi connectivity index (χ1n) is 11.0. The highest BCUT2D eigenvalue weighted by atomic mass is 35.5. The highest BCUT2D eigenvalue weighted by Crippen LogP contribution is 2.25. The zero-order valence-electron chi connectivity index (χ0n) is 19.5. The van der Waals surface area contributed by atoms with Crippen LogP contribution < -0.4 is 10.1 Å². The van der Waals surface area contributed by atoms with Crippen molar-refractivity contribution >= 4 is 35.0 Å². The van der Waals surface area contributed by atoms with Crippen molar-refractivity contribution in [2.45, 2.75) is 32.9 Å². The molecule has 3 aromatic rings. The Hall–Kier alpha value is -3.02. The molecule has 3 rings (SSSR count). The Morgan fingerprint density at radius 2 is 1.74 bits per heavy atom. The van der Waals surface area contributed by atoms with Crippen LogP contribution in [0.15, 0.2) is 66.7 Å². The largest absolute Gasteiger partial charge is 0.483 e. The summed E-state index contributed by atoms with van der Waals surface area (Å²) in [5.74, 6) is 0.0345. The maximum absolute atomic E-state index is 13.5. The lowest BCUT2D eigenvalue weighted by Crippen LogP contribution is -2.51. The number of halogens is 2. The second-order valence-corrected chi connectivity index (χ2v) is 8.98. The van der Waals surface area contributed by atoms with Crippen LogP contribution in [0, 0.1) is 13.8 Å². The SMILES string of the molecule is CNC(=O)[C@@H](Cc1ccccc1)N(Cc1ccc(Cl)cc1Cl)C(=O)COc1ccc(C)cc1C. The van der Waals surface area contributed by atoms with Gasteiger partial charge in [-0.15, -0.1) is 0 Å². The molecule has 0 heterocycles. The zero-order valence-corrected chi connectivity index (χ0v) is 21.0. The number of aryl methyl sites for hydroxylation is 2. The molecule has 0 aliphatic carbocycles. The first-order valence-corrected chi connectivity index (χ1v) is 11.7. The van der Waals surface area contributed by atoms with E-state index < -0.39 is 6.04 Å². The van der Waals surface area contributed by atoms with Gasteiger partial charge in [0.2, 0.25) is 5.91 Å². The van der Waals surface area contributed by atoms with E-state index >= 15 is 0 Å². The molecule has 3 aromatic carbocycles. The number of likely N-dealkylation sites (N-methyl/N-ethyl adjacent to an activating group) is 1. The topological polar surface area (TPSA) is 58.6 Å². The molecule has 0 aliphatic heterocycles. The summed E-state index contributed by atoms with van der Waals surface area (Å²) in [6.45, 7) is 3.85. The van der Waals surface area contributed by atoms with Crippen molar-refractivity contribution in [1.29, 1.82) is 0 Å². The number of carbonyl (C=O) groups is 2. The van der Waals surface area contributed by atoms with Crippen LogP contribution in [0.2, 0.25) is 10.0 Å². The fourth-order valence-corrected chi connectivity index (χ4v) is 4.21. The first-order chi connectivity index (χ1) is 16.3. The Balaban J connectivity index is 1.91. The van der Waals surface area contributed by atoms with E-state index in [1.54, 1.807) is 25.2 Å². The number of ether oxygens (including phenoxy) is 1. The van der Waals surface area contributed by atoms with Crippen molar-refractivity contribution in [2.24, 2.45) is 0 Å². The third kappa shape index (κ3) is 6.75. The second-order valence-electron chi connectivity index (χ2n) is 8.13. The van der Waals surface area contributed by atoms with E-state index in [4.69, 9.17) is 27.9 Å². The van der Waals surface area contributed by atoms with Crippen LogP contribution in [0.4, 0.5) is 0 Å². The van der Waals surface area contributed by atoms with Gasteiger partial charge in [0.05, 0.1) is 0 Å². The molecule has 0 bridgehead atoms. The molecule has 34 heavy (non-hydrogen) atoms. The summed E-state index contributed by atoms with van der Waals surface area (Å²) in [5, 5.41) is 3.62. The quantitative estimate of drug-likeness (QED) is 0.431. The molecule has 0 saturated carbocycles. The number of benzene rings is 3. The lowest BCUT2D eigenvalue weighted by atomic mass is 10.0. The van der Waals surface area contributed by atoms with Crippen LogP contribution in [-0.4, -0.2) is 36.4 Å². The van der Waals surface area contributed by atoms with Crippen molar-refractivity contribution < 1.29 is 14.3 Å². The fraction of sp³-hybridized carbons (Fsp3) is 0.259. The fourth-order valence-electron chi connectivity index (χ4n) is 3.74. The number of carbonyl (C=O) groups excluding carboxylic acids is 2. The maximum Gasteiger partial charge on any atom is 0.261 e. The van der Waals surface area contributed by atoms with Gasteiger partial charge in [0.15, 0.2) is 6.61 Å². The van der Waals surface area contributed by atoms with Crippen molar-refractivity contribution in [3.05, 3.63) is 99.0 Å². The Morgan fingerprint density at radius 3 is 2.38 bits per heavy atom. The van der Waals surface area contributed by atoms with E-state index in [0.29, 0.717) is 27.8 Å². The van der Waals surface area contributed by atoms with E-state index in [0.717, 1.165) is 16.7 Å². The number of nitrogens with zero attached hydrogens (tertiary/aromatic N) is 1. The summed E-state index contributed by atoms with van der Waals surface area (Å²) in [4.78, 5) is 28.0. The smallest absolute Gasteiger partial charge is 0.261 e. The molecular weight excluding hydrogens is 471 g/mol. The van der Waals surface area contributed by atoms with Gasteiger partial charge in [-0.1, -0.05) is 77.3 Å². The van der Waals surface area contributed by atoms with Gasteiger partial charge >= 0.3 is 0 Å². The summed E-state index contributed by atoms with van der Waals surface area (Å²) in [7, 11) is 1.56.